The maximum atomic E-state index is 12.0. The summed E-state index contributed by atoms with van der Waals surface area (Å²) in [5.41, 5.74) is 3.83. The molecule has 5 rings (SSSR count). The number of ether oxygens (including phenoxy) is 1. The molecule has 3 aliphatic rings. The van der Waals surface area contributed by atoms with Crippen molar-refractivity contribution in [3.8, 4) is 22.9 Å². The number of carbonyl (C=O) groups is 1. The first-order chi connectivity index (χ1) is 16.6. The summed E-state index contributed by atoms with van der Waals surface area (Å²) in [6.07, 6.45) is 2.88. The van der Waals surface area contributed by atoms with Crippen LogP contribution in [0.4, 0.5) is 5.82 Å². The number of anilines is 1. The van der Waals surface area contributed by atoms with E-state index in [1.807, 2.05) is 25.7 Å². The van der Waals surface area contributed by atoms with Crippen LogP contribution in [0.1, 0.15) is 42.7 Å². The molecule has 0 bridgehead atoms. The second kappa shape index (κ2) is 8.25. The van der Waals surface area contributed by atoms with Crippen LogP contribution in [-0.2, 0) is 22.6 Å². The van der Waals surface area contributed by atoms with Crippen LogP contribution in [0.25, 0.3) is 11.1 Å². The van der Waals surface area contributed by atoms with Crippen molar-refractivity contribution in [3.63, 3.8) is 0 Å². The molecule has 2 aromatic rings. The fraction of sp³-hybridized carbons (Fsp3) is 0.444. The molecule has 35 heavy (non-hydrogen) atoms. The minimum absolute atomic E-state index is 0.00473. The first-order valence-electron chi connectivity index (χ1n) is 11.8. The standard InChI is InChI=1S/C27H29ClN4O3/c1-5-22(34)32-14-27(15-32)6-7-31(13-27)25-19(11-29)23(18-9-17(33)8-16(2)24(18)28)20-12-35-26(3,4)10-21(20)30-25/h5,8-9,33H,1,6-7,10,12-15H2,2-4H3. The average molecular weight is 493 g/mol. The lowest BCUT2D eigenvalue weighted by Crippen LogP contribution is -2.59. The average Bonchev–Trinajstić information content (AvgIpc) is 3.24. The Morgan fingerprint density at radius 2 is 2.09 bits per heavy atom. The highest BCUT2D eigenvalue weighted by Gasteiger charge is 2.49. The number of benzene rings is 1. The van der Waals surface area contributed by atoms with Gasteiger partial charge in [0.1, 0.15) is 23.2 Å². The van der Waals surface area contributed by atoms with Crippen LogP contribution in [0.2, 0.25) is 5.02 Å². The van der Waals surface area contributed by atoms with Crippen LogP contribution in [0.3, 0.4) is 0 Å². The number of phenols is 1. The number of rotatable bonds is 3. The Bertz CT molecular complexity index is 1290. The molecule has 8 heteroatoms. The van der Waals surface area contributed by atoms with Gasteiger partial charge in [0.25, 0.3) is 0 Å². The topological polar surface area (TPSA) is 89.7 Å². The molecule has 182 valence electrons. The number of amides is 1. The van der Waals surface area contributed by atoms with Gasteiger partial charge >= 0.3 is 0 Å². The van der Waals surface area contributed by atoms with Crippen LogP contribution in [0.5, 0.6) is 5.75 Å². The minimum Gasteiger partial charge on any atom is -0.508 e. The zero-order valence-corrected chi connectivity index (χ0v) is 21.1. The van der Waals surface area contributed by atoms with Crippen molar-refractivity contribution in [1.29, 1.82) is 5.26 Å². The van der Waals surface area contributed by atoms with Crippen molar-refractivity contribution in [2.24, 2.45) is 5.41 Å². The number of phenolic OH excluding ortho intramolecular Hbond substituents is 1. The number of aromatic hydroxyl groups is 1. The van der Waals surface area contributed by atoms with Crippen LogP contribution < -0.4 is 4.90 Å². The number of likely N-dealkylation sites (tertiary alicyclic amines) is 1. The van der Waals surface area contributed by atoms with Gasteiger partial charge in [0.15, 0.2) is 0 Å². The van der Waals surface area contributed by atoms with E-state index in [-0.39, 0.29) is 22.7 Å². The van der Waals surface area contributed by atoms with Crippen molar-refractivity contribution in [2.75, 3.05) is 31.1 Å². The lowest BCUT2D eigenvalue weighted by molar-refractivity contribution is -0.136. The van der Waals surface area contributed by atoms with E-state index in [4.69, 9.17) is 21.3 Å². The van der Waals surface area contributed by atoms with E-state index < -0.39 is 0 Å². The zero-order valence-electron chi connectivity index (χ0n) is 20.3. The largest absolute Gasteiger partial charge is 0.508 e. The zero-order chi connectivity index (χ0) is 25.1. The van der Waals surface area contributed by atoms with Gasteiger partial charge in [0, 0.05) is 54.7 Å². The van der Waals surface area contributed by atoms with Gasteiger partial charge in [-0.05, 0) is 51.0 Å². The van der Waals surface area contributed by atoms with E-state index in [1.54, 1.807) is 12.1 Å². The molecule has 7 nitrogen and oxygen atoms in total. The molecule has 0 atom stereocenters. The Morgan fingerprint density at radius 1 is 1.34 bits per heavy atom. The predicted molar refractivity (Wildman–Crippen MR) is 134 cm³/mol. The first-order valence-corrected chi connectivity index (χ1v) is 12.2. The molecule has 1 aromatic carbocycles. The summed E-state index contributed by atoms with van der Waals surface area (Å²) >= 11 is 6.73. The van der Waals surface area contributed by atoms with Crippen LogP contribution in [-0.4, -0.2) is 52.7 Å². The molecule has 0 radical (unpaired) electrons. The van der Waals surface area contributed by atoms with Crippen molar-refractivity contribution in [1.82, 2.24) is 9.88 Å². The van der Waals surface area contributed by atoms with Gasteiger partial charge in [-0.25, -0.2) is 4.98 Å². The number of nitriles is 1. The van der Waals surface area contributed by atoms with E-state index in [0.717, 1.165) is 36.3 Å². The number of carbonyl (C=O) groups excluding carboxylic acids is 1. The molecule has 4 heterocycles. The summed E-state index contributed by atoms with van der Waals surface area (Å²) in [7, 11) is 0. The van der Waals surface area contributed by atoms with Gasteiger partial charge in [-0.3, -0.25) is 4.79 Å². The third-order valence-corrected chi connectivity index (χ3v) is 7.96. The summed E-state index contributed by atoms with van der Waals surface area (Å²) in [6, 6.07) is 5.63. The first kappa shape index (κ1) is 23.7. The highest BCUT2D eigenvalue weighted by molar-refractivity contribution is 6.34. The second-order valence-corrected chi connectivity index (χ2v) is 11.0. The van der Waals surface area contributed by atoms with Crippen molar-refractivity contribution >= 4 is 23.3 Å². The maximum absolute atomic E-state index is 12.0. The van der Waals surface area contributed by atoms with E-state index in [1.165, 1.54) is 6.08 Å². The highest BCUT2D eigenvalue weighted by Crippen LogP contribution is 2.46. The van der Waals surface area contributed by atoms with Crippen LogP contribution >= 0.6 is 11.6 Å². The molecule has 1 aromatic heterocycles. The van der Waals surface area contributed by atoms with Crippen molar-refractivity contribution in [2.45, 2.75) is 45.8 Å². The molecular weight excluding hydrogens is 464 g/mol. The molecule has 2 saturated heterocycles. The van der Waals surface area contributed by atoms with Gasteiger partial charge in [-0.2, -0.15) is 5.26 Å². The predicted octanol–water partition coefficient (Wildman–Crippen LogP) is 4.36. The normalized spacial score (nSPS) is 19.7. The highest BCUT2D eigenvalue weighted by atomic mass is 35.5. The van der Waals surface area contributed by atoms with Gasteiger partial charge in [-0.15, -0.1) is 0 Å². The van der Waals surface area contributed by atoms with E-state index >= 15 is 0 Å². The fourth-order valence-corrected chi connectivity index (χ4v) is 5.87. The molecule has 1 N–H and O–H groups in total. The van der Waals surface area contributed by atoms with Crippen LogP contribution in [0.15, 0.2) is 24.8 Å². The molecule has 3 aliphatic heterocycles. The van der Waals surface area contributed by atoms with E-state index in [0.29, 0.717) is 53.6 Å². The maximum Gasteiger partial charge on any atom is 0.245 e. The SMILES string of the molecule is C=CC(=O)N1CC2(CCN(c3nc4c(c(-c5cc(O)cc(C)c5Cl)c3C#N)COC(C)(C)C4)C2)C1. The number of hydrogen-bond donors (Lipinski definition) is 1. The molecule has 1 amide bonds. The summed E-state index contributed by atoms with van der Waals surface area (Å²) in [5, 5.41) is 21.2. The smallest absolute Gasteiger partial charge is 0.245 e. The molecular formula is C27H29ClN4O3. The fourth-order valence-electron chi connectivity index (χ4n) is 5.67. The number of fused-ring (bicyclic) bond motifs is 1. The van der Waals surface area contributed by atoms with Crippen LogP contribution in [0, 0.1) is 23.7 Å². The van der Waals surface area contributed by atoms with Crippen molar-refractivity contribution in [3.05, 3.63) is 52.2 Å². The second-order valence-electron chi connectivity index (χ2n) is 10.6. The third-order valence-electron chi connectivity index (χ3n) is 7.46. The number of halogens is 1. The van der Waals surface area contributed by atoms with E-state index in [9.17, 15) is 15.2 Å². The Balaban J connectivity index is 1.62. The third kappa shape index (κ3) is 3.95. The van der Waals surface area contributed by atoms with Gasteiger partial charge < -0.3 is 19.6 Å². The summed E-state index contributed by atoms with van der Waals surface area (Å²) in [4.78, 5) is 21.0. The van der Waals surface area contributed by atoms with Gasteiger partial charge in [0.05, 0.1) is 22.9 Å². The molecule has 1 spiro atoms. The minimum atomic E-state index is -0.382. The Kier molecular flexibility index (Phi) is 5.58. The number of aryl methyl sites for hydroxylation is 1. The van der Waals surface area contributed by atoms with E-state index in [2.05, 4.69) is 17.5 Å². The quantitative estimate of drug-likeness (QED) is 0.640. The summed E-state index contributed by atoms with van der Waals surface area (Å²) < 4.78 is 6.11. The monoisotopic (exact) mass is 492 g/mol. The number of pyridine rings is 1. The number of aromatic nitrogens is 1. The van der Waals surface area contributed by atoms with Gasteiger partial charge in [-0.1, -0.05) is 18.2 Å². The molecule has 0 aliphatic carbocycles. The Morgan fingerprint density at radius 3 is 2.77 bits per heavy atom. The lowest BCUT2D eigenvalue weighted by atomic mass is 9.79. The Labute approximate surface area is 210 Å². The number of hydrogen-bond acceptors (Lipinski definition) is 6. The molecule has 0 unspecified atom stereocenters. The van der Waals surface area contributed by atoms with Gasteiger partial charge in [0.2, 0.25) is 5.91 Å². The summed E-state index contributed by atoms with van der Waals surface area (Å²) in [6.45, 7) is 12.7. The molecule has 2 fully saturated rings. The van der Waals surface area contributed by atoms with Crippen molar-refractivity contribution < 1.29 is 14.6 Å². The number of nitrogens with zero attached hydrogens (tertiary/aromatic N) is 4. The Hall–Kier alpha value is -3.08. The lowest BCUT2D eigenvalue weighted by Gasteiger charge is -2.47. The molecule has 0 saturated carbocycles. The summed E-state index contributed by atoms with van der Waals surface area (Å²) in [5.74, 6) is 0.690.